The SMILES string of the molecule is O=C1c2ccccc2C(=O)N1CCc1c([B-](F)(F)F)[nH]c2ccccc12. The van der Waals surface area contributed by atoms with E-state index in [4.69, 9.17) is 0 Å². The topological polar surface area (TPSA) is 53.2 Å². The number of H-pyrrole nitrogens is 1. The van der Waals surface area contributed by atoms with Crippen molar-refractivity contribution in [2.45, 2.75) is 6.42 Å². The monoisotopic (exact) mass is 357 g/mol. The molecule has 2 aromatic carbocycles. The molecule has 26 heavy (non-hydrogen) atoms. The van der Waals surface area contributed by atoms with Crippen LogP contribution in [0, 0.1) is 0 Å². The van der Waals surface area contributed by atoms with Crippen LogP contribution in [0.1, 0.15) is 26.3 Å². The van der Waals surface area contributed by atoms with Crippen molar-refractivity contribution in [1.29, 1.82) is 0 Å². The van der Waals surface area contributed by atoms with Crippen LogP contribution in [0.5, 0.6) is 0 Å². The Balaban J connectivity index is 1.67. The maximum absolute atomic E-state index is 13.4. The zero-order valence-electron chi connectivity index (χ0n) is 13.5. The Hall–Kier alpha value is -3.03. The predicted molar refractivity (Wildman–Crippen MR) is 92.5 cm³/mol. The summed E-state index contributed by atoms with van der Waals surface area (Å²) in [5, 5.41) is 0.457. The quantitative estimate of drug-likeness (QED) is 0.577. The number of aromatic nitrogens is 1. The van der Waals surface area contributed by atoms with Gasteiger partial charge in [0.15, 0.2) is 0 Å². The number of carbonyl (C=O) groups excluding carboxylic acids is 2. The third-order valence-corrected chi connectivity index (χ3v) is 4.64. The van der Waals surface area contributed by atoms with Crippen molar-refractivity contribution in [2.24, 2.45) is 0 Å². The zero-order chi connectivity index (χ0) is 18.5. The Morgan fingerprint density at radius 1 is 0.885 bits per heavy atom. The van der Waals surface area contributed by atoms with E-state index in [0.717, 1.165) is 4.90 Å². The van der Waals surface area contributed by atoms with Crippen molar-refractivity contribution in [3.63, 3.8) is 0 Å². The molecule has 0 radical (unpaired) electrons. The third kappa shape index (κ3) is 2.49. The number of hydrogen-bond donors (Lipinski definition) is 1. The minimum absolute atomic E-state index is 0.0634. The van der Waals surface area contributed by atoms with Gasteiger partial charge in [0, 0.05) is 12.1 Å². The number of fused-ring (bicyclic) bond motifs is 2. The molecule has 0 spiro atoms. The van der Waals surface area contributed by atoms with E-state index in [1.165, 1.54) is 0 Å². The fourth-order valence-corrected chi connectivity index (χ4v) is 3.44. The molecule has 2 amide bonds. The van der Waals surface area contributed by atoms with Gasteiger partial charge in [-0.15, -0.1) is 0 Å². The molecule has 0 aliphatic carbocycles. The first kappa shape index (κ1) is 16.4. The average Bonchev–Trinajstić information content (AvgIpc) is 3.11. The van der Waals surface area contributed by atoms with Crippen LogP contribution in [0.4, 0.5) is 12.9 Å². The molecule has 0 bridgehead atoms. The first-order valence-electron chi connectivity index (χ1n) is 8.12. The lowest BCUT2D eigenvalue weighted by Crippen LogP contribution is -2.39. The highest BCUT2D eigenvalue weighted by atomic mass is 19.4. The lowest BCUT2D eigenvalue weighted by atomic mass is 9.81. The summed E-state index contributed by atoms with van der Waals surface area (Å²) < 4.78 is 40.3. The van der Waals surface area contributed by atoms with E-state index < -0.39 is 24.4 Å². The molecule has 4 rings (SSSR count). The molecule has 132 valence electrons. The van der Waals surface area contributed by atoms with Crippen LogP contribution in [0.25, 0.3) is 10.9 Å². The average molecular weight is 357 g/mol. The number of benzene rings is 2. The van der Waals surface area contributed by atoms with Crippen LogP contribution < -0.4 is 5.59 Å². The van der Waals surface area contributed by atoms with Gasteiger partial charge in [-0.1, -0.05) is 30.3 Å². The number of nitrogens with zero attached hydrogens (tertiary/aromatic N) is 1. The second-order valence-electron chi connectivity index (χ2n) is 6.20. The molecule has 0 saturated carbocycles. The highest BCUT2D eigenvalue weighted by Gasteiger charge is 2.36. The van der Waals surface area contributed by atoms with Crippen molar-refractivity contribution < 1.29 is 22.5 Å². The van der Waals surface area contributed by atoms with Crippen LogP contribution in [-0.4, -0.2) is 35.2 Å². The highest BCUT2D eigenvalue weighted by molar-refractivity contribution is 6.73. The summed E-state index contributed by atoms with van der Waals surface area (Å²) >= 11 is 0. The molecule has 3 aromatic rings. The minimum atomic E-state index is -5.24. The maximum atomic E-state index is 13.4. The van der Waals surface area contributed by atoms with Gasteiger partial charge < -0.3 is 17.9 Å². The van der Waals surface area contributed by atoms with E-state index in [1.54, 1.807) is 48.5 Å². The van der Waals surface area contributed by atoms with Gasteiger partial charge in [0.25, 0.3) is 11.8 Å². The van der Waals surface area contributed by atoms with Gasteiger partial charge in [0.05, 0.1) is 11.1 Å². The van der Waals surface area contributed by atoms with Crippen LogP contribution >= 0.6 is 0 Å². The van der Waals surface area contributed by atoms with Crippen molar-refractivity contribution >= 4 is 35.3 Å². The van der Waals surface area contributed by atoms with Gasteiger partial charge in [0.2, 0.25) is 0 Å². The van der Waals surface area contributed by atoms with Gasteiger partial charge in [0.1, 0.15) is 0 Å². The van der Waals surface area contributed by atoms with Gasteiger partial charge in [-0.25, -0.2) is 0 Å². The number of nitrogens with one attached hydrogen (secondary N) is 1. The molecular weight excluding hydrogens is 344 g/mol. The van der Waals surface area contributed by atoms with E-state index in [9.17, 15) is 22.5 Å². The van der Waals surface area contributed by atoms with E-state index in [0.29, 0.717) is 10.9 Å². The van der Waals surface area contributed by atoms with E-state index in [-0.39, 0.29) is 29.7 Å². The highest BCUT2D eigenvalue weighted by Crippen LogP contribution is 2.25. The fraction of sp³-hybridized carbons (Fsp3) is 0.111. The number of hydrogen-bond acceptors (Lipinski definition) is 2. The second-order valence-corrected chi connectivity index (χ2v) is 6.20. The lowest BCUT2D eigenvalue weighted by molar-refractivity contribution is 0.0656. The first-order chi connectivity index (χ1) is 12.4. The Morgan fingerprint density at radius 2 is 1.46 bits per heavy atom. The summed E-state index contributed by atoms with van der Waals surface area (Å²) in [6, 6.07) is 12.9. The standard InChI is InChI=1S/C18H13BF3N2O2/c20-19(21,22)16-12(11-5-3-4-8-15(11)23-16)9-10-24-17(25)13-6-1-2-7-14(13)18(24)26/h1-8,23H,9-10H2/q-1. The summed E-state index contributed by atoms with van der Waals surface area (Å²) in [7, 11) is 0. The fourth-order valence-electron chi connectivity index (χ4n) is 3.44. The zero-order valence-corrected chi connectivity index (χ0v) is 13.5. The number of carbonyl (C=O) groups is 2. The van der Waals surface area contributed by atoms with Crippen LogP contribution in [0.15, 0.2) is 48.5 Å². The normalized spacial score (nSPS) is 14.3. The minimum Gasteiger partial charge on any atom is -0.444 e. The lowest BCUT2D eigenvalue weighted by Gasteiger charge is -2.18. The first-order valence-corrected chi connectivity index (χ1v) is 8.12. The third-order valence-electron chi connectivity index (χ3n) is 4.64. The van der Waals surface area contributed by atoms with Gasteiger partial charge in [-0.05, 0) is 41.2 Å². The smallest absolute Gasteiger partial charge is 0.444 e. The van der Waals surface area contributed by atoms with Crippen LogP contribution in [-0.2, 0) is 6.42 Å². The van der Waals surface area contributed by atoms with Crippen molar-refractivity contribution in [1.82, 2.24) is 9.88 Å². The molecule has 1 N–H and O–H groups in total. The number of amides is 2. The molecule has 0 fully saturated rings. The molecule has 1 aliphatic rings. The van der Waals surface area contributed by atoms with Crippen LogP contribution in [0.3, 0.4) is 0 Å². The van der Waals surface area contributed by atoms with Crippen molar-refractivity contribution in [3.05, 3.63) is 65.2 Å². The Bertz CT molecular complexity index is 1010. The molecular formula is C18H13BF3N2O2-. The Morgan fingerprint density at radius 3 is 2.08 bits per heavy atom. The molecule has 1 aliphatic heterocycles. The number of para-hydroxylation sites is 1. The Kier molecular flexibility index (Phi) is 3.64. The Labute approximate surface area is 146 Å². The maximum Gasteiger partial charge on any atom is 0.525 e. The van der Waals surface area contributed by atoms with E-state index in [1.807, 2.05) is 0 Å². The van der Waals surface area contributed by atoms with Crippen LogP contribution in [0.2, 0.25) is 0 Å². The molecule has 2 heterocycles. The molecule has 1 aromatic heterocycles. The number of aromatic amines is 1. The van der Waals surface area contributed by atoms with Crippen molar-refractivity contribution in [2.75, 3.05) is 6.54 Å². The molecule has 8 heteroatoms. The van der Waals surface area contributed by atoms with Gasteiger partial charge in [-0.2, -0.15) is 0 Å². The summed E-state index contributed by atoms with van der Waals surface area (Å²) in [4.78, 5) is 28.2. The van der Waals surface area contributed by atoms with Crippen molar-refractivity contribution in [3.8, 4) is 0 Å². The molecule has 0 unspecified atom stereocenters. The van der Waals surface area contributed by atoms with Gasteiger partial charge in [-0.3, -0.25) is 14.5 Å². The summed E-state index contributed by atoms with van der Waals surface area (Å²) in [5.41, 5.74) is 0.278. The predicted octanol–water partition coefficient (Wildman–Crippen LogP) is 3.06. The summed E-state index contributed by atoms with van der Waals surface area (Å²) in [6.07, 6.45) is -0.0634. The second kappa shape index (κ2) is 5.76. The summed E-state index contributed by atoms with van der Waals surface area (Å²) in [5.74, 6) is -0.936. The summed E-state index contributed by atoms with van der Waals surface area (Å²) in [6.45, 7) is -5.34. The largest absolute Gasteiger partial charge is 0.525 e. The number of rotatable bonds is 4. The number of imide groups is 1. The molecule has 4 nitrogen and oxygen atoms in total. The number of halogens is 3. The van der Waals surface area contributed by atoms with E-state index in [2.05, 4.69) is 4.98 Å². The molecule has 0 atom stereocenters. The molecule has 0 saturated heterocycles. The van der Waals surface area contributed by atoms with E-state index >= 15 is 0 Å². The van der Waals surface area contributed by atoms with Gasteiger partial charge >= 0.3 is 6.98 Å².